The van der Waals surface area contributed by atoms with Crippen LogP contribution < -0.4 is 4.74 Å². The smallest absolute Gasteiger partial charge is 0.303 e. The van der Waals surface area contributed by atoms with E-state index in [0.29, 0.717) is 11.3 Å². The summed E-state index contributed by atoms with van der Waals surface area (Å²) in [5.41, 5.74) is 0.553. The maximum atomic E-state index is 11.8. The van der Waals surface area contributed by atoms with Crippen LogP contribution in [0.15, 0.2) is 24.3 Å². The van der Waals surface area contributed by atoms with Crippen molar-refractivity contribution in [2.24, 2.45) is 0 Å². The average molecular weight is 438 g/mol. The van der Waals surface area contributed by atoms with Crippen LogP contribution in [0, 0.1) is 0 Å². The second kappa shape index (κ2) is 10.8. The summed E-state index contributed by atoms with van der Waals surface area (Å²) in [4.78, 5) is 46.8. The summed E-state index contributed by atoms with van der Waals surface area (Å²) in [7, 11) is 1.49. The normalized spacial score (nSPS) is 25.1. The first kappa shape index (κ1) is 24.1. The van der Waals surface area contributed by atoms with Crippen molar-refractivity contribution in [3.8, 4) is 5.75 Å². The molecule has 10 heteroatoms. The average Bonchev–Trinajstić information content (AvgIpc) is 2.68. The number of hydrogen-bond acceptors (Lipinski definition) is 10. The molecule has 1 saturated heterocycles. The molecule has 0 N–H and O–H groups in total. The molecule has 0 aromatic heterocycles. The summed E-state index contributed by atoms with van der Waals surface area (Å²) >= 11 is 0. The standard InChI is InChI=1S/C21H26O10/c1-11(22)27-10-17-19(28-12(2)23)21(30-14(4)25)20(29-13(3)24)18(31-17)15-7-6-8-16(9-15)26-5/h6-9,17-21H,10H2,1-5H3/t17-,18-,19-,20-,21+/m1/s1. The van der Waals surface area contributed by atoms with Gasteiger partial charge in [-0.15, -0.1) is 0 Å². The van der Waals surface area contributed by atoms with Crippen molar-refractivity contribution in [1.82, 2.24) is 0 Å². The predicted molar refractivity (Wildman–Crippen MR) is 104 cm³/mol. The van der Waals surface area contributed by atoms with E-state index in [9.17, 15) is 19.2 Å². The highest BCUT2D eigenvalue weighted by Gasteiger charge is 2.52. The van der Waals surface area contributed by atoms with Gasteiger partial charge in [0.1, 0.15) is 24.6 Å². The minimum absolute atomic E-state index is 0.279. The van der Waals surface area contributed by atoms with Gasteiger partial charge in [0.2, 0.25) is 0 Å². The Kier molecular flexibility index (Phi) is 8.38. The van der Waals surface area contributed by atoms with Crippen LogP contribution in [0.2, 0.25) is 0 Å². The van der Waals surface area contributed by atoms with Crippen LogP contribution >= 0.6 is 0 Å². The fourth-order valence-corrected chi connectivity index (χ4v) is 3.32. The lowest BCUT2D eigenvalue weighted by Crippen LogP contribution is -2.59. The van der Waals surface area contributed by atoms with Crippen molar-refractivity contribution < 1.29 is 47.6 Å². The van der Waals surface area contributed by atoms with Gasteiger partial charge in [-0.1, -0.05) is 12.1 Å². The van der Waals surface area contributed by atoms with Crippen molar-refractivity contribution in [3.05, 3.63) is 29.8 Å². The summed E-state index contributed by atoms with van der Waals surface area (Å²) in [6.45, 7) is 4.47. The summed E-state index contributed by atoms with van der Waals surface area (Å²) in [5.74, 6) is -2.07. The van der Waals surface area contributed by atoms with Crippen molar-refractivity contribution in [2.75, 3.05) is 13.7 Å². The van der Waals surface area contributed by atoms with E-state index in [0.717, 1.165) is 0 Å². The Hall–Kier alpha value is -3.14. The third-order valence-corrected chi connectivity index (χ3v) is 4.41. The molecule has 0 bridgehead atoms. The van der Waals surface area contributed by atoms with Crippen LogP contribution in [0.4, 0.5) is 0 Å². The van der Waals surface area contributed by atoms with E-state index in [1.54, 1.807) is 24.3 Å². The third kappa shape index (κ3) is 6.68. The Balaban J connectivity index is 2.54. The molecule has 1 aromatic rings. The molecule has 0 spiro atoms. The molecule has 170 valence electrons. The molecule has 10 nitrogen and oxygen atoms in total. The number of carbonyl (C=O) groups excluding carboxylic acids is 4. The highest BCUT2D eigenvalue weighted by Crippen LogP contribution is 2.38. The summed E-state index contributed by atoms with van der Waals surface area (Å²) in [5, 5.41) is 0. The molecular formula is C21H26O10. The zero-order valence-corrected chi connectivity index (χ0v) is 18.0. The Morgan fingerprint density at radius 2 is 1.42 bits per heavy atom. The number of esters is 4. The van der Waals surface area contributed by atoms with Gasteiger partial charge in [-0.25, -0.2) is 0 Å². The van der Waals surface area contributed by atoms with E-state index in [-0.39, 0.29) is 6.61 Å². The van der Waals surface area contributed by atoms with E-state index < -0.39 is 54.4 Å². The van der Waals surface area contributed by atoms with Crippen LogP contribution in [-0.2, 0) is 42.9 Å². The molecule has 0 amide bonds. The van der Waals surface area contributed by atoms with Crippen LogP contribution in [-0.4, -0.2) is 62.0 Å². The van der Waals surface area contributed by atoms with Crippen LogP contribution in [0.1, 0.15) is 39.4 Å². The zero-order valence-electron chi connectivity index (χ0n) is 18.0. The van der Waals surface area contributed by atoms with Gasteiger partial charge in [0.25, 0.3) is 0 Å². The van der Waals surface area contributed by atoms with Gasteiger partial charge in [-0.3, -0.25) is 19.2 Å². The first-order valence-electron chi connectivity index (χ1n) is 9.56. The van der Waals surface area contributed by atoms with Gasteiger partial charge in [0.05, 0.1) is 7.11 Å². The third-order valence-electron chi connectivity index (χ3n) is 4.41. The van der Waals surface area contributed by atoms with Crippen LogP contribution in [0.5, 0.6) is 5.75 Å². The fraction of sp³-hybridized carbons (Fsp3) is 0.524. The van der Waals surface area contributed by atoms with Gasteiger partial charge < -0.3 is 28.4 Å². The fourth-order valence-electron chi connectivity index (χ4n) is 3.32. The maximum absolute atomic E-state index is 11.8. The molecule has 1 aromatic carbocycles. The Bertz CT molecular complexity index is 820. The SMILES string of the molecule is COc1cccc([C@H]2O[C@H](COC(C)=O)[C@@H](OC(C)=O)[C@H](OC(C)=O)[C@@H]2OC(C)=O)c1. The minimum Gasteiger partial charge on any atom is -0.497 e. The molecule has 1 fully saturated rings. The number of rotatable bonds is 7. The Morgan fingerprint density at radius 1 is 0.839 bits per heavy atom. The van der Waals surface area contributed by atoms with Gasteiger partial charge in [-0.05, 0) is 17.7 Å². The second-order valence-electron chi connectivity index (χ2n) is 6.90. The van der Waals surface area contributed by atoms with Crippen molar-refractivity contribution >= 4 is 23.9 Å². The van der Waals surface area contributed by atoms with Gasteiger partial charge in [0, 0.05) is 27.7 Å². The van der Waals surface area contributed by atoms with E-state index >= 15 is 0 Å². The first-order valence-corrected chi connectivity index (χ1v) is 9.56. The molecule has 1 aliphatic rings. The van der Waals surface area contributed by atoms with Gasteiger partial charge in [-0.2, -0.15) is 0 Å². The Morgan fingerprint density at radius 3 is 1.97 bits per heavy atom. The first-order chi connectivity index (χ1) is 14.6. The van der Waals surface area contributed by atoms with Crippen molar-refractivity contribution in [2.45, 2.75) is 58.2 Å². The molecule has 0 unspecified atom stereocenters. The topological polar surface area (TPSA) is 124 Å². The number of hydrogen-bond donors (Lipinski definition) is 0. The lowest BCUT2D eigenvalue weighted by Gasteiger charge is -2.44. The predicted octanol–water partition coefficient (Wildman–Crippen LogP) is 1.49. The number of carbonyl (C=O) groups is 4. The van der Waals surface area contributed by atoms with Crippen molar-refractivity contribution in [3.63, 3.8) is 0 Å². The molecule has 31 heavy (non-hydrogen) atoms. The quantitative estimate of drug-likeness (QED) is 0.457. The minimum atomic E-state index is -1.21. The van der Waals surface area contributed by atoms with Gasteiger partial charge in [0.15, 0.2) is 18.3 Å². The largest absolute Gasteiger partial charge is 0.497 e. The monoisotopic (exact) mass is 438 g/mol. The summed E-state index contributed by atoms with van der Waals surface area (Å²) in [6, 6.07) is 6.81. The Labute approximate surface area is 179 Å². The molecular weight excluding hydrogens is 412 g/mol. The molecule has 1 aliphatic heterocycles. The zero-order chi connectivity index (χ0) is 23.1. The summed E-state index contributed by atoms with van der Waals surface area (Å²) in [6.07, 6.45) is -5.48. The maximum Gasteiger partial charge on any atom is 0.303 e. The van der Waals surface area contributed by atoms with Gasteiger partial charge >= 0.3 is 23.9 Å². The molecule has 5 atom stereocenters. The number of methoxy groups -OCH3 is 1. The van der Waals surface area contributed by atoms with Crippen molar-refractivity contribution in [1.29, 1.82) is 0 Å². The van der Waals surface area contributed by atoms with E-state index in [1.807, 2.05) is 0 Å². The number of benzene rings is 1. The van der Waals surface area contributed by atoms with E-state index in [2.05, 4.69) is 0 Å². The highest BCUT2D eigenvalue weighted by molar-refractivity contribution is 5.68. The highest BCUT2D eigenvalue weighted by atomic mass is 16.7. The molecule has 0 saturated carbocycles. The van der Waals surface area contributed by atoms with E-state index in [1.165, 1.54) is 34.8 Å². The molecule has 0 radical (unpaired) electrons. The molecule has 2 rings (SSSR count). The van der Waals surface area contributed by atoms with Crippen LogP contribution in [0.3, 0.4) is 0 Å². The summed E-state index contributed by atoms with van der Waals surface area (Å²) < 4.78 is 32.6. The molecule has 1 heterocycles. The second-order valence-corrected chi connectivity index (χ2v) is 6.90. The van der Waals surface area contributed by atoms with Crippen LogP contribution in [0.25, 0.3) is 0 Å². The lowest BCUT2D eigenvalue weighted by atomic mass is 9.90. The van der Waals surface area contributed by atoms with E-state index in [4.69, 9.17) is 28.4 Å². The molecule has 0 aliphatic carbocycles. The lowest BCUT2D eigenvalue weighted by molar-refractivity contribution is -0.254. The number of ether oxygens (including phenoxy) is 6.